The van der Waals surface area contributed by atoms with Crippen molar-refractivity contribution >= 4 is 5.95 Å². The molecular formula is C15H25N5. The van der Waals surface area contributed by atoms with Gasteiger partial charge in [-0.2, -0.15) is 0 Å². The van der Waals surface area contributed by atoms with Crippen LogP contribution < -0.4 is 10.2 Å². The van der Waals surface area contributed by atoms with Crippen molar-refractivity contribution < 1.29 is 0 Å². The van der Waals surface area contributed by atoms with Gasteiger partial charge in [0.1, 0.15) is 0 Å². The van der Waals surface area contributed by atoms with Crippen LogP contribution >= 0.6 is 0 Å². The van der Waals surface area contributed by atoms with Gasteiger partial charge in [-0.1, -0.05) is 0 Å². The SMILES string of the molecule is CN(C)C[C@@H]1CNC[C@H]1c1ccnc(N2CCCC2)n1. The van der Waals surface area contributed by atoms with E-state index < -0.39 is 0 Å². The molecule has 3 rings (SSSR count). The summed E-state index contributed by atoms with van der Waals surface area (Å²) in [4.78, 5) is 13.9. The van der Waals surface area contributed by atoms with Crippen molar-refractivity contribution in [2.75, 3.05) is 51.7 Å². The molecular weight excluding hydrogens is 250 g/mol. The Bertz CT molecular complexity index is 442. The largest absolute Gasteiger partial charge is 0.341 e. The highest BCUT2D eigenvalue weighted by atomic mass is 15.3. The van der Waals surface area contributed by atoms with Crippen LogP contribution in [-0.2, 0) is 0 Å². The van der Waals surface area contributed by atoms with Gasteiger partial charge in [-0.25, -0.2) is 9.97 Å². The van der Waals surface area contributed by atoms with Crippen LogP contribution in [0.4, 0.5) is 5.95 Å². The molecule has 110 valence electrons. The highest BCUT2D eigenvalue weighted by Gasteiger charge is 2.30. The predicted molar refractivity (Wildman–Crippen MR) is 81.1 cm³/mol. The van der Waals surface area contributed by atoms with E-state index >= 15 is 0 Å². The van der Waals surface area contributed by atoms with Gasteiger partial charge < -0.3 is 15.1 Å². The third-order valence-corrected chi connectivity index (χ3v) is 4.37. The Morgan fingerprint density at radius 1 is 1.30 bits per heavy atom. The lowest BCUT2D eigenvalue weighted by molar-refractivity contribution is 0.320. The van der Waals surface area contributed by atoms with Crippen molar-refractivity contribution in [3.05, 3.63) is 18.0 Å². The van der Waals surface area contributed by atoms with E-state index in [1.807, 2.05) is 6.20 Å². The van der Waals surface area contributed by atoms with Crippen molar-refractivity contribution in [2.24, 2.45) is 5.92 Å². The molecule has 1 aromatic heterocycles. The van der Waals surface area contributed by atoms with Gasteiger partial charge in [-0.15, -0.1) is 0 Å². The molecule has 2 fully saturated rings. The number of aromatic nitrogens is 2. The monoisotopic (exact) mass is 275 g/mol. The van der Waals surface area contributed by atoms with Gasteiger partial charge in [0.25, 0.3) is 0 Å². The number of nitrogens with one attached hydrogen (secondary N) is 1. The first-order chi connectivity index (χ1) is 9.74. The summed E-state index contributed by atoms with van der Waals surface area (Å²) in [5.41, 5.74) is 1.21. The zero-order chi connectivity index (χ0) is 13.9. The summed E-state index contributed by atoms with van der Waals surface area (Å²) in [5.74, 6) is 2.09. The van der Waals surface area contributed by atoms with E-state index in [2.05, 4.69) is 40.3 Å². The molecule has 5 nitrogen and oxygen atoms in total. The smallest absolute Gasteiger partial charge is 0.225 e. The normalized spacial score (nSPS) is 26.6. The number of hydrogen-bond acceptors (Lipinski definition) is 5. The zero-order valence-electron chi connectivity index (χ0n) is 12.5. The van der Waals surface area contributed by atoms with Gasteiger partial charge in [0, 0.05) is 38.3 Å². The Kier molecular flexibility index (Phi) is 4.17. The maximum absolute atomic E-state index is 4.85. The van der Waals surface area contributed by atoms with Crippen LogP contribution in [0.5, 0.6) is 0 Å². The lowest BCUT2D eigenvalue weighted by Gasteiger charge is -2.23. The first-order valence-corrected chi connectivity index (χ1v) is 7.67. The summed E-state index contributed by atoms with van der Waals surface area (Å²) in [7, 11) is 4.29. The number of nitrogens with zero attached hydrogens (tertiary/aromatic N) is 4. The molecule has 5 heteroatoms. The Morgan fingerprint density at radius 3 is 2.85 bits per heavy atom. The number of anilines is 1. The maximum atomic E-state index is 4.85. The van der Waals surface area contributed by atoms with Crippen LogP contribution in [0.3, 0.4) is 0 Å². The number of rotatable bonds is 4. The van der Waals surface area contributed by atoms with Crippen molar-refractivity contribution in [2.45, 2.75) is 18.8 Å². The molecule has 0 radical (unpaired) electrons. The molecule has 2 aliphatic rings. The van der Waals surface area contributed by atoms with E-state index in [1.54, 1.807) is 0 Å². The molecule has 1 N–H and O–H groups in total. The van der Waals surface area contributed by atoms with Gasteiger partial charge in [-0.05, 0) is 45.5 Å². The minimum absolute atomic E-state index is 0.516. The predicted octanol–water partition coefficient (Wildman–Crippen LogP) is 0.941. The van der Waals surface area contributed by atoms with Crippen molar-refractivity contribution in [3.8, 4) is 0 Å². The molecule has 1 aromatic rings. The van der Waals surface area contributed by atoms with Gasteiger partial charge in [0.05, 0.1) is 5.69 Å². The summed E-state index contributed by atoms with van der Waals surface area (Å²) < 4.78 is 0. The summed E-state index contributed by atoms with van der Waals surface area (Å²) in [6.07, 6.45) is 4.46. The minimum Gasteiger partial charge on any atom is -0.341 e. The van der Waals surface area contributed by atoms with E-state index in [0.29, 0.717) is 11.8 Å². The van der Waals surface area contributed by atoms with Crippen LogP contribution in [0.25, 0.3) is 0 Å². The maximum Gasteiger partial charge on any atom is 0.225 e. The molecule has 0 aromatic carbocycles. The van der Waals surface area contributed by atoms with Crippen molar-refractivity contribution in [3.63, 3.8) is 0 Å². The molecule has 0 aliphatic carbocycles. The molecule has 0 unspecified atom stereocenters. The second-order valence-electron chi connectivity index (χ2n) is 6.26. The van der Waals surface area contributed by atoms with Gasteiger partial charge in [0.15, 0.2) is 0 Å². The van der Waals surface area contributed by atoms with Crippen molar-refractivity contribution in [1.29, 1.82) is 0 Å². The second-order valence-corrected chi connectivity index (χ2v) is 6.26. The number of hydrogen-bond donors (Lipinski definition) is 1. The molecule has 0 spiro atoms. The van der Waals surface area contributed by atoms with E-state index in [1.165, 1.54) is 18.5 Å². The van der Waals surface area contributed by atoms with Crippen LogP contribution in [0, 0.1) is 5.92 Å². The van der Waals surface area contributed by atoms with E-state index in [4.69, 9.17) is 4.98 Å². The molecule has 2 atom stereocenters. The molecule has 0 amide bonds. The lowest BCUT2D eigenvalue weighted by Crippen LogP contribution is -2.27. The molecule has 2 saturated heterocycles. The molecule has 0 bridgehead atoms. The molecule has 3 heterocycles. The summed E-state index contributed by atoms with van der Waals surface area (Å²) in [6, 6.07) is 2.10. The van der Waals surface area contributed by atoms with E-state index in [9.17, 15) is 0 Å². The van der Waals surface area contributed by atoms with Gasteiger partial charge in [-0.3, -0.25) is 0 Å². The van der Waals surface area contributed by atoms with E-state index in [0.717, 1.165) is 38.7 Å². The van der Waals surface area contributed by atoms with Crippen molar-refractivity contribution in [1.82, 2.24) is 20.2 Å². The first kappa shape index (κ1) is 13.8. The molecule has 20 heavy (non-hydrogen) atoms. The second kappa shape index (κ2) is 6.06. The average molecular weight is 275 g/mol. The summed E-state index contributed by atoms with van der Waals surface area (Å²) in [6.45, 7) is 5.45. The van der Waals surface area contributed by atoms with Gasteiger partial charge in [0.2, 0.25) is 5.95 Å². The Morgan fingerprint density at radius 2 is 2.10 bits per heavy atom. The topological polar surface area (TPSA) is 44.3 Å². The zero-order valence-corrected chi connectivity index (χ0v) is 12.5. The highest BCUT2D eigenvalue weighted by Crippen LogP contribution is 2.28. The van der Waals surface area contributed by atoms with Crippen LogP contribution in [0.2, 0.25) is 0 Å². The van der Waals surface area contributed by atoms with Gasteiger partial charge >= 0.3 is 0 Å². The van der Waals surface area contributed by atoms with Crippen LogP contribution in [-0.4, -0.2) is 61.7 Å². The Balaban J connectivity index is 1.77. The first-order valence-electron chi connectivity index (χ1n) is 7.67. The third kappa shape index (κ3) is 2.94. The fraction of sp³-hybridized carbons (Fsp3) is 0.733. The standard InChI is InChI=1S/C15H25N5/c1-19(2)11-12-9-16-10-13(12)14-5-6-17-15(18-14)20-7-3-4-8-20/h5-6,12-13,16H,3-4,7-11H2,1-2H3/t12-,13+/m0/s1. The van der Waals surface area contributed by atoms with Crippen LogP contribution in [0.15, 0.2) is 12.3 Å². The fourth-order valence-corrected chi connectivity index (χ4v) is 3.38. The summed E-state index contributed by atoms with van der Waals surface area (Å²) in [5, 5.41) is 3.51. The summed E-state index contributed by atoms with van der Waals surface area (Å²) >= 11 is 0. The average Bonchev–Trinajstić information content (AvgIpc) is 3.09. The Labute approximate surface area is 121 Å². The Hall–Kier alpha value is -1.20. The lowest BCUT2D eigenvalue weighted by atomic mass is 9.92. The molecule has 0 saturated carbocycles. The third-order valence-electron chi connectivity index (χ3n) is 4.37. The quantitative estimate of drug-likeness (QED) is 0.886. The van der Waals surface area contributed by atoms with E-state index in [-0.39, 0.29) is 0 Å². The fourth-order valence-electron chi connectivity index (χ4n) is 3.38. The molecule has 2 aliphatic heterocycles. The highest BCUT2D eigenvalue weighted by molar-refractivity contribution is 5.32. The van der Waals surface area contributed by atoms with Crippen LogP contribution in [0.1, 0.15) is 24.5 Å². The minimum atomic E-state index is 0.516.